The molecule has 2 rings (SSSR count). The van der Waals surface area contributed by atoms with Gasteiger partial charge in [0.2, 0.25) is 0 Å². The van der Waals surface area contributed by atoms with E-state index >= 15 is 0 Å². The molecule has 1 heteroatoms. The maximum atomic E-state index is 1.56. The predicted molar refractivity (Wildman–Crippen MR) is 60.7 cm³/mol. The Morgan fingerprint density at radius 2 is 1.38 bits per heavy atom. The van der Waals surface area contributed by atoms with Crippen LogP contribution in [0, 0.1) is 5.92 Å². The van der Waals surface area contributed by atoms with Crippen LogP contribution in [0.15, 0.2) is 0 Å². The summed E-state index contributed by atoms with van der Waals surface area (Å²) in [5, 5.41) is 0. The van der Waals surface area contributed by atoms with Gasteiger partial charge in [-0.25, -0.2) is 0 Å². The van der Waals surface area contributed by atoms with Crippen molar-refractivity contribution in [1.29, 1.82) is 0 Å². The van der Waals surface area contributed by atoms with Crippen molar-refractivity contribution in [2.24, 2.45) is 5.92 Å². The Kier molecular flexibility index (Phi) is 3.75. The van der Waals surface area contributed by atoms with Crippen molar-refractivity contribution in [1.82, 2.24) is 0 Å². The molecule has 13 heavy (non-hydrogen) atoms. The van der Waals surface area contributed by atoms with Crippen LogP contribution in [-0.2, 0) is 0 Å². The molecular weight excluding hydrogens is 155 g/mol. The number of rotatable bonds is 1. The minimum atomic E-state index is 1.13. The van der Waals surface area contributed by atoms with Crippen molar-refractivity contribution >= 4 is 7.28 Å². The average Bonchev–Trinajstić information content (AvgIpc) is 2.55. The Morgan fingerprint density at radius 3 is 2.00 bits per heavy atom. The van der Waals surface area contributed by atoms with Crippen molar-refractivity contribution in [3.8, 4) is 0 Å². The molecule has 0 nitrogen and oxygen atoms in total. The fourth-order valence-electron chi connectivity index (χ4n) is 3.39. The standard InChI is InChI=1S/C12H23B/c1-2-4-7-11(8-5-3-1)12-9-6-10-13-12/h11-13H,1-10H2. The third kappa shape index (κ3) is 2.75. The van der Waals surface area contributed by atoms with Crippen molar-refractivity contribution in [2.45, 2.75) is 69.9 Å². The molecule has 1 aliphatic heterocycles. The normalized spacial score (nSPS) is 32.2. The first-order valence-corrected chi connectivity index (χ1v) is 6.47. The molecule has 1 unspecified atom stereocenters. The Morgan fingerprint density at radius 1 is 0.692 bits per heavy atom. The van der Waals surface area contributed by atoms with Gasteiger partial charge in [-0.05, 0) is 5.92 Å². The van der Waals surface area contributed by atoms with Gasteiger partial charge >= 0.3 is 0 Å². The molecular formula is C12H23B. The zero-order chi connectivity index (χ0) is 8.93. The molecule has 2 fully saturated rings. The Bertz CT molecular complexity index is 130. The molecule has 0 N–H and O–H groups in total. The summed E-state index contributed by atoms with van der Waals surface area (Å²) in [6, 6.07) is 0. The first-order valence-electron chi connectivity index (χ1n) is 6.47. The van der Waals surface area contributed by atoms with E-state index in [1.807, 2.05) is 0 Å². The summed E-state index contributed by atoms with van der Waals surface area (Å²) in [4.78, 5) is 0. The molecule has 0 aromatic carbocycles. The largest absolute Gasteiger partial charge is 0.124 e. The first-order chi connectivity index (χ1) is 6.47. The van der Waals surface area contributed by atoms with E-state index in [9.17, 15) is 0 Å². The molecule has 0 aromatic rings. The molecule has 0 radical (unpaired) electrons. The summed E-state index contributed by atoms with van der Waals surface area (Å²) >= 11 is 0. The van der Waals surface area contributed by atoms with E-state index in [0.29, 0.717) is 0 Å². The Balaban J connectivity index is 1.80. The van der Waals surface area contributed by atoms with Crippen LogP contribution < -0.4 is 0 Å². The van der Waals surface area contributed by atoms with E-state index < -0.39 is 0 Å². The highest BCUT2D eigenvalue weighted by atomic mass is 14.2. The van der Waals surface area contributed by atoms with E-state index in [1.54, 1.807) is 26.5 Å². The minimum Gasteiger partial charge on any atom is -0.0772 e. The predicted octanol–water partition coefficient (Wildman–Crippen LogP) is 3.78. The van der Waals surface area contributed by atoms with Gasteiger partial charge in [-0.1, -0.05) is 69.9 Å². The van der Waals surface area contributed by atoms with Gasteiger partial charge in [-0.3, -0.25) is 0 Å². The van der Waals surface area contributed by atoms with Crippen molar-refractivity contribution in [2.75, 3.05) is 0 Å². The highest BCUT2D eigenvalue weighted by Crippen LogP contribution is 2.38. The molecule has 1 heterocycles. The average molecular weight is 178 g/mol. The third-order valence-corrected chi connectivity index (χ3v) is 4.22. The lowest BCUT2D eigenvalue weighted by molar-refractivity contribution is 0.356. The monoisotopic (exact) mass is 178 g/mol. The van der Waals surface area contributed by atoms with Gasteiger partial charge in [0.15, 0.2) is 0 Å². The molecule has 74 valence electrons. The van der Waals surface area contributed by atoms with Crippen LogP contribution in [0.3, 0.4) is 0 Å². The van der Waals surface area contributed by atoms with Crippen LogP contribution >= 0.6 is 0 Å². The maximum absolute atomic E-state index is 1.56. The first kappa shape index (κ1) is 9.61. The smallest absolute Gasteiger partial charge is 0.0772 e. The topological polar surface area (TPSA) is 0 Å². The number of hydrogen-bond acceptors (Lipinski definition) is 0. The van der Waals surface area contributed by atoms with Gasteiger partial charge in [0, 0.05) is 0 Å². The van der Waals surface area contributed by atoms with Crippen LogP contribution in [0.4, 0.5) is 0 Å². The maximum Gasteiger partial charge on any atom is 0.124 e. The molecule has 1 aliphatic carbocycles. The summed E-state index contributed by atoms with van der Waals surface area (Å²) in [6.07, 6.45) is 15.3. The molecule has 2 aliphatic rings. The summed E-state index contributed by atoms with van der Waals surface area (Å²) in [6.45, 7) is 0. The highest BCUT2D eigenvalue weighted by molar-refractivity contribution is 6.38. The zero-order valence-electron chi connectivity index (χ0n) is 8.93. The van der Waals surface area contributed by atoms with E-state index in [2.05, 4.69) is 0 Å². The molecule has 1 saturated heterocycles. The second-order valence-corrected chi connectivity index (χ2v) is 5.15. The fourth-order valence-corrected chi connectivity index (χ4v) is 3.39. The summed E-state index contributed by atoms with van der Waals surface area (Å²) in [5.74, 6) is 2.26. The molecule has 1 saturated carbocycles. The Labute approximate surface area is 83.7 Å². The summed E-state index contributed by atoms with van der Waals surface area (Å²) < 4.78 is 0. The van der Waals surface area contributed by atoms with Crippen molar-refractivity contribution in [3.05, 3.63) is 0 Å². The lowest BCUT2D eigenvalue weighted by Gasteiger charge is -2.25. The summed E-state index contributed by atoms with van der Waals surface area (Å²) in [5.41, 5.74) is 0. The molecule has 0 aromatic heterocycles. The van der Waals surface area contributed by atoms with E-state index in [-0.39, 0.29) is 0 Å². The van der Waals surface area contributed by atoms with Crippen LogP contribution in [0.1, 0.15) is 57.8 Å². The van der Waals surface area contributed by atoms with Gasteiger partial charge < -0.3 is 0 Å². The fraction of sp³-hybridized carbons (Fsp3) is 1.00. The van der Waals surface area contributed by atoms with Crippen LogP contribution in [0.25, 0.3) is 0 Å². The quantitative estimate of drug-likeness (QED) is 0.536. The second kappa shape index (κ2) is 5.07. The van der Waals surface area contributed by atoms with Gasteiger partial charge in [0.25, 0.3) is 0 Å². The van der Waals surface area contributed by atoms with Crippen LogP contribution in [0.5, 0.6) is 0 Å². The molecule has 0 spiro atoms. The Hall–Kier alpha value is 0.0649. The van der Waals surface area contributed by atoms with Gasteiger partial charge in [0.1, 0.15) is 7.28 Å². The van der Waals surface area contributed by atoms with E-state index in [1.165, 1.54) is 44.8 Å². The van der Waals surface area contributed by atoms with E-state index in [0.717, 1.165) is 11.7 Å². The third-order valence-electron chi connectivity index (χ3n) is 4.22. The van der Waals surface area contributed by atoms with Gasteiger partial charge in [-0.2, -0.15) is 0 Å². The SMILES string of the molecule is B1CCCC1C1CCCCCCC1. The molecule has 1 atom stereocenters. The summed E-state index contributed by atoms with van der Waals surface area (Å²) in [7, 11) is 1.56. The highest BCUT2D eigenvalue weighted by Gasteiger charge is 2.25. The van der Waals surface area contributed by atoms with E-state index in [4.69, 9.17) is 0 Å². The molecule has 0 amide bonds. The lowest BCUT2D eigenvalue weighted by atomic mass is 9.60. The van der Waals surface area contributed by atoms with Crippen LogP contribution in [-0.4, -0.2) is 7.28 Å². The zero-order valence-corrected chi connectivity index (χ0v) is 8.93. The number of hydrogen-bond donors (Lipinski definition) is 0. The molecule has 0 bridgehead atoms. The van der Waals surface area contributed by atoms with Crippen molar-refractivity contribution < 1.29 is 0 Å². The van der Waals surface area contributed by atoms with Crippen LogP contribution in [0.2, 0.25) is 12.1 Å². The van der Waals surface area contributed by atoms with Crippen molar-refractivity contribution in [3.63, 3.8) is 0 Å². The minimum absolute atomic E-state index is 1.13. The van der Waals surface area contributed by atoms with Gasteiger partial charge in [0.05, 0.1) is 0 Å². The second-order valence-electron chi connectivity index (χ2n) is 5.15. The van der Waals surface area contributed by atoms with Gasteiger partial charge in [-0.15, -0.1) is 0 Å². The lowest BCUT2D eigenvalue weighted by Crippen LogP contribution is -2.12.